The number of benzene rings is 2. The molecule has 0 radical (unpaired) electrons. The first-order valence-corrected chi connectivity index (χ1v) is 10.9. The average Bonchev–Trinajstić information content (AvgIpc) is 3.49. The van der Waals surface area contributed by atoms with Crippen LogP contribution in [0.4, 0.5) is 0 Å². The second-order valence-electron chi connectivity index (χ2n) is 8.64. The predicted molar refractivity (Wildman–Crippen MR) is 118 cm³/mol. The maximum Gasteiger partial charge on any atom is 0.223 e. The van der Waals surface area contributed by atoms with Gasteiger partial charge in [0.15, 0.2) is 0 Å². The first-order valence-electron chi connectivity index (χ1n) is 10.9. The van der Waals surface area contributed by atoms with Crippen LogP contribution in [0, 0.1) is 11.3 Å². The summed E-state index contributed by atoms with van der Waals surface area (Å²) in [5.74, 6) is 2.10. The van der Waals surface area contributed by atoms with Crippen LogP contribution in [0.1, 0.15) is 30.4 Å². The summed E-state index contributed by atoms with van der Waals surface area (Å²) in [6, 6.07) is 16.4. The number of likely N-dealkylation sites (tertiary alicyclic amines) is 1. The molecule has 160 valence electrons. The Morgan fingerprint density at radius 1 is 1.03 bits per heavy atom. The van der Waals surface area contributed by atoms with E-state index in [0.717, 1.165) is 63.4 Å². The number of hydrogen-bond acceptors (Lipinski definition) is 4. The van der Waals surface area contributed by atoms with E-state index in [4.69, 9.17) is 9.47 Å². The molecule has 1 saturated heterocycles. The van der Waals surface area contributed by atoms with E-state index in [1.807, 2.05) is 24.3 Å². The molecule has 0 bridgehead atoms. The van der Waals surface area contributed by atoms with E-state index in [1.54, 1.807) is 14.2 Å². The zero-order valence-corrected chi connectivity index (χ0v) is 18.0. The lowest BCUT2D eigenvalue weighted by Crippen LogP contribution is -2.37. The van der Waals surface area contributed by atoms with Crippen molar-refractivity contribution in [2.45, 2.75) is 32.2 Å². The molecule has 1 aliphatic heterocycles. The van der Waals surface area contributed by atoms with Gasteiger partial charge in [-0.1, -0.05) is 30.3 Å². The third-order valence-corrected chi connectivity index (χ3v) is 6.73. The fraction of sp³-hybridized carbons (Fsp3) is 0.480. The van der Waals surface area contributed by atoms with Crippen LogP contribution in [-0.2, 0) is 17.8 Å². The zero-order valence-electron chi connectivity index (χ0n) is 18.0. The summed E-state index contributed by atoms with van der Waals surface area (Å²) in [7, 11) is 3.36. The SMILES string of the molecule is COc1cc(CN2CCC3(CC2)CC3C(=O)NCCc2ccccc2)cc(OC)c1. The molecule has 1 amide bonds. The molecular weight excluding hydrogens is 376 g/mol. The number of piperidine rings is 1. The van der Waals surface area contributed by atoms with Gasteiger partial charge in [-0.05, 0) is 67.4 Å². The van der Waals surface area contributed by atoms with Crippen molar-refractivity contribution in [3.63, 3.8) is 0 Å². The highest BCUT2D eigenvalue weighted by molar-refractivity contribution is 5.82. The Kier molecular flexibility index (Phi) is 6.28. The number of nitrogens with zero attached hydrogens (tertiary/aromatic N) is 1. The molecule has 1 unspecified atom stereocenters. The van der Waals surface area contributed by atoms with E-state index in [2.05, 4.69) is 34.5 Å². The molecule has 5 heteroatoms. The Morgan fingerprint density at radius 2 is 1.70 bits per heavy atom. The second-order valence-corrected chi connectivity index (χ2v) is 8.64. The smallest absolute Gasteiger partial charge is 0.223 e. The molecule has 2 aromatic rings. The van der Waals surface area contributed by atoms with Gasteiger partial charge in [-0.15, -0.1) is 0 Å². The average molecular weight is 409 g/mol. The van der Waals surface area contributed by atoms with Gasteiger partial charge in [-0.2, -0.15) is 0 Å². The summed E-state index contributed by atoms with van der Waals surface area (Å²) in [5, 5.41) is 3.16. The minimum Gasteiger partial charge on any atom is -0.497 e. The molecule has 1 spiro atoms. The summed E-state index contributed by atoms with van der Waals surface area (Å²) in [6.45, 7) is 3.68. The third kappa shape index (κ3) is 4.78. The van der Waals surface area contributed by atoms with Crippen molar-refractivity contribution in [3.8, 4) is 11.5 Å². The molecule has 1 heterocycles. The van der Waals surface area contributed by atoms with Crippen LogP contribution >= 0.6 is 0 Å². The van der Waals surface area contributed by atoms with E-state index in [0.29, 0.717) is 0 Å². The van der Waals surface area contributed by atoms with E-state index >= 15 is 0 Å². The molecule has 1 atom stereocenters. The Balaban J connectivity index is 1.23. The van der Waals surface area contributed by atoms with Gasteiger partial charge in [0, 0.05) is 25.1 Å². The van der Waals surface area contributed by atoms with Crippen molar-refractivity contribution < 1.29 is 14.3 Å². The van der Waals surface area contributed by atoms with Crippen LogP contribution in [0.3, 0.4) is 0 Å². The maximum atomic E-state index is 12.6. The quantitative estimate of drug-likeness (QED) is 0.724. The monoisotopic (exact) mass is 408 g/mol. The Morgan fingerprint density at radius 3 is 2.33 bits per heavy atom. The van der Waals surface area contributed by atoms with Crippen molar-refractivity contribution >= 4 is 5.91 Å². The molecule has 5 nitrogen and oxygen atoms in total. The standard InChI is InChI=1S/C25H32N2O3/c1-29-21-14-20(15-22(16-21)30-2)18-27-12-9-25(10-13-27)17-23(25)24(28)26-11-8-19-6-4-3-5-7-19/h3-7,14-16,23H,8-13,17-18H2,1-2H3,(H,26,28). The van der Waals surface area contributed by atoms with Crippen molar-refractivity contribution in [2.75, 3.05) is 33.9 Å². The van der Waals surface area contributed by atoms with Gasteiger partial charge in [0.1, 0.15) is 11.5 Å². The lowest BCUT2D eigenvalue weighted by Gasteiger charge is -2.33. The number of hydrogen-bond donors (Lipinski definition) is 1. The molecule has 2 aromatic carbocycles. The number of nitrogens with one attached hydrogen (secondary N) is 1. The lowest BCUT2D eigenvalue weighted by molar-refractivity contribution is -0.123. The Labute approximate surface area is 179 Å². The van der Waals surface area contributed by atoms with Gasteiger partial charge >= 0.3 is 0 Å². The summed E-state index contributed by atoms with van der Waals surface area (Å²) in [5.41, 5.74) is 2.71. The number of ether oxygens (including phenoxy) is 2. The normalized spacial score (nSPS) is 20.0. The van der Waals surface area contributed by atoms with Crippen molar-refractivity contribution in [3.05, 3.63) is 59.7 Å². The number of carbonyl (C=O) groups excluding carboxylic acids is 1. The molecular formula is C25H32N2O3. The molecule has 1 saturated carbocycles. The van der Waals surface area contributed by atoms with E-state index < -0.39 is 0 Å². The fourth-order valence-electron chi connectivity index (χ4n) is 4.74. The highest BCUT2D eigenvalue weighted by Crippen LogP contribution is 2.59. The third-order valence-electron chi connectivity index (χ3n) is 6.73. The van der Waals surface area contributed by atoms with Crippen LogP contribution in [0.25, 0.3) is 0 Å². The molecule has 2 aliphatic rings. The lowest BCUT2D eigenvalue weighted by atomic mass is 9.90. The molecule has 2 fully saturated rings. The fourth-order valence-corrected chi connectivity index (χ4v) is 4.74. The minimum absolute atomic E-state index is 0.201. The van der Waals surface area contributed by atoms with E-state index in [9.17, 15) is 4.79 Å². The van der Waals surface area contributed by atoms with Crippen molar-refractivity contribution in [2.24, 2.45) is 11.3 Å². The highest BCUT2D eigenvalue weighted by atomic mass is 16.5. The number of rotatable bonds is 8. The molecule has 0 aromatic heterocycles. The molecule has 30 heavy (non-hydrogen) atoms. The minimum atomic E-state index is 0.201. The number of carbonyl (C=O) groups is 1. The van der Waals surface area contributed by atoms with Gasteiger partial charge in [0.2, 0.25) is 5.91 Å². The first-order chi connectivity index (χ1) is 14.6. The topological polar surface area (TPSA) is 50.8 Å². The van der Waals surface area contributed by atoms with Gasteiger partial charge in [0.25, 0.3) is 0 Å². The summed E-state index contributed by atoms with van der Waals surface area (Å²) >= 11 is 0. The molecule has 1 aliphatic carbocycles. The van der Waals surface area contributed by atoms with Crippen LogP contribution in [0.2, 0.25) is 0 Å². The van der Waals surface area contributed by atoms with E-state index in [-0.39, 0.29) is 17.2 Å². The summed E-state index contributed by atoms with van der Waals surface area (Å²) in [4.78, 5) is 15.1. The van der Waals surface area contributed by atoms with Gasteiger partial charge < -0.3 is 14.8 Å². The number of amides is 1. The largest absolute Gasteiger partial charge is 0.497 e. The van der Waals surface area contributed by atoms with Crippen LogP contribution in [0.5, 0.6) is 11.5 Å². The maximum absolute atomic E-state index is 12.6. The van der Waals surface area contributed by atoms with Crippen molar-refractivity contribution in [1.82, 2.24) is 10.2 Å². The van der Waals surface area contributed by atoms with Gasteiger partial charge in [-0.25, -0.2) is 0 Å². The van der Waals surface area contributed by atoms with Crippen molar-refractivity contribution in [1.29, 1.82) is 0 Å². The van der Waals surface area contributed by atoms with Crippen LogP contribution in [0.15, 0.2) is 48.5 Å². The Bertz CT molecular complexity index is 838. The highest BCUT2D eigenvalue weighted by Gasteiger charge is 2.58. The Hall–Kier alpha value is -2.53. The predicted octanol–water partition coefficient (Wildman–Crippen LogP) is 3.66. The van der Waals surface area contributed by atoms with Gasteiger partial charge in [-0.3, -0.25) is 9.69 Å². The molecule has 4 rings (SSSR count). The summed E-state index contributed by atoms with van der Waals surface area (Å²) in [6.07, 6.45) is 4.14. The second kappa shape index (κ2) is 9.09. The zero-order chi connectivity index (χ0) is 21.0. The van der Waals surface area contributed by atoms with E-state index in [1.165, 1.54) is 11.1 Å². The number of methoxy groups -OCH3 is 2. The van der Waals surface area contributed by atoms with Gasteiger partial charge in [0.05, 0.1) is 14.2 Å². The van der Waals surface area contributed by atoms with Crippen LogP contribution < -0.4 is 14.8 Å². The van der Waals surface area contributed by atoms with Crippen LogP contribution in [-0.4, -0.2) is 44.7 Å². The summed E-state index contributed by atoms with van der Waals surface area (Å²) < 4.78 is 10.8. The molecule has 1 N–H and O–H groups in total. The first kappa shape index (κ1) is 20.7.